The molecule has 1 aromatic heterocycles. The van der Waals surface area contributed by atoms with Gasteiger partial charge < -0.3 is 15.2 Å². The van der Waals surface area contributed by atoms with Crippen molar-refractivity contribution in [3.05, 3.63) is 102 Å². The fourth-order valence-electron chi connectivity index (χ4n) is 3.57. The number of carbonyl (C=O) groups excluding carboxylic acids is 2. The molecule has 0 radical (unpaired) electrons. The van der Waals surface area contributed by atoms with Gasteiger partial charge in [0.2, 0.25) is 5.91 Å². The van der Waals surface area contributed by atoms with Crippen LogP contribution in [0.25, 0.3) is 23.3 Å². The van der Waals surface area contributed by atoms with Crippen LogP contribution in [-0.4, -0.2) is 28.1 Å². The van der Waals surface area contributed by atoms with Gasteiger partial charge in [-0.25, -0.2) is 4.98 Å². The van der Waals surface area contributed by atoms with Crippen LogP contribution in [0, 0.1) is 6.92 Å². The molecule has 174 valence electrons. The summed E-state index contributed by atoms with van der Waals surface area (Å²) in [6.07, 6.45) is 3.70. The van der Waals surface area contributed by atoms with Gasteiger partial charge in [-0.2, -0.15) is 0 Å². The number of nitrogens with zero attached hydrogens (tertiary/aromatic N) is 3. The number of anilines is 2. The lowest BCUT2D eigenvalue weighted by atomic mass is 10.1. The molecule has 4 aromatic rings. The molecule has 2 N–H and O–H groups in total. The third kappa shape index (κ3) is 5.59. The first kappa shape index (κ1) is 23.4. The lowest BCUT2D eigenvalue weighted by Gasteiger charge is -2.09. The van der Waals surface area contributed by atoms with Crippen LogP contribution in [0.1, 0.15) is 28.5 Å². The maximum Gasteiger partial charge on any atom is 0.255 e. The average Bonchev–Trinajstić information content (AvgIpc) is 3.23. The van der Waals surface area contributed by atoms with Crippen molar-refractivity contribution < 1.29 is 9.59 Å². The minimum Gasteiger partial charge on any atom is -0.326 e. The molecular weight excluding hydrogens is 438 g/mol. The Morgan fingerprint density at radius 2 is 1.51 bits per heavy atom. The Labute approximate surface area is 203 Å². The Kier molecular flexibility index (Phi) is 6.97. The van der Waals surface area contributed by atoms with E-state index in [9.17, 15) is 9.59 Å². The highest BCUT2D eigenvalue weighted by atomic mass is 16.2. The largest absolute Gasteiger partial charge is 0.326 e. The number of aryl methyl sites for hydroxylation is 1. The normalized spacial score (nSPS) is 11.1. The van der Waals surface area contributed by atoms with E-state index < -0.39 is 0 Å². The van der Waals surface area contributed by atoms with E-state index in [1.54, 1.807) is 42.6 Å². The number of carbonyl (C=O) groups is 2. The van der Waals surface area contributed by atoms with Gasteiger partial charge in [-0.05, 0) is 50.0 Å². The molecule has 1 heterocycles. The van der Waals surface area contributed by atoms with Crippen molar-refractivity contribution in [3.63, 3.8) is 0 Å². The molecule has 0 unspecified atom stereocenters. The predicted octanol–water partition coefficient (Wildman–Crippen LogP) is 5.73. The Balaban J connectivity index is 1.53. The lowest BCUT2D eigenvalue weighted by molar-refractivity contribution is -0.114. The summed E-state index contributed by atoms with van der Waals surface area (Å²) in [7, 11) is 0. The minimum absolute atomic E-state index is 0.148. The Bertz CT molecular complexity index is 1390. The molecular formula is C28H25N5O2. The van der Waals surface area contributed by atoms with Crippen LogP contribution in [0.2, 0.25) is 0 Å². The number of rotatable bonds is 7. The van der Waals surface area contributed by atoms with Crippen molar-refractivity contribution in [2.75, 3.05) is 10.6 Å². The molecule has 3 aromatic carbocycles. The summed E-state index contributed by atoms with van der Waals surface area (Å²) in [6.45, 7) is 7.13. The van der Waals surface area contributed by atoms with Crippen molar-refractivity contribution in [2.24, 2.45) is 4.99 Å². The highest BCUT2D eigenvalue weighted by molar-refractivity contribution is 6.04. The smallest absolute Gasteiger partial charge is 0.255 e. The zero-order valence-electron chi connectivity index (χ0n) is 19.5. The molecule has 0 bridgehead atoms. The first-order valence-electron chi connectivity index (χ1n) is 11.0. The summed E-state index contributed by atoms with van der Waals surface area (Å²) in [4.78, 5) is 32.6. The van der Waals surface area contributed by atoms with Crippen molar-refractivity contribution in [1.82, 2.24) is 9.55 Å². The highest BCUT2D eigenvalue weighted by Gasteiger charge is 2.12. The van der Waals surface area contributed by atoms with Gasteiger partial charge in [-0.15, -0.1) is 0 Å². The van der Waals surface area contributed by atoms with Gasteiger partial charge in [-0.3, -0.25) is 14.6 Å². The summed E-state index contributed by atoms with van der Waals surface area (Å²) in [5.41, 5.74) is 5.32. The third-order valence-electron chi connectivity index (χ3n) is 5.34. The molecule has 0 saturated carbocycles. The quantitative estimate of drug-likeness (QED) is 0.343. The van der Waals surface area contributed by atoms with Crippen LogP contribution in [-0.2, 0) is 4.79 Å². The standard InChI is InChI=1S/C28H25N5O2/c1-19-17-30-27(33(19)18-26(29-3)21-7-5-4-6-8-21)22-9-11-23(12-10-22)28(35)32-25-15-13-24(14-16-25)31-20(2)34/h4-18H,3H2,1-2H3,(H,31,34)(H,32,35)/b26-18-. The monoisotopic (exact) mass is 463 g/mol. The lowest BCUT2D eigenvalue weighted by Crippen LogP contribution is -2.12. The number of aliphatic imine (C=N–C) groups is 1. The maximum atomic E-state index is 12.7. The Morgan fingerprint density at radius 1 is 0.886 bits per heavy atom. The number of hydrogen-bond donors (Lipinski definition) is 2. The van der Waals surface area contributed by atoms with Gasteiger partial charge in [0.25, 0.3) is 5.91 Å². The molecule has 0 aliphatic carbocycles. The molecule has 7 heteroatoms. The van der Waals surface area contributed by atoms with Gasteiger partial charge in [0.05, 0.1) is 5.70 Å². The summed E-state index contributed by atoms with van der Waals surface area (Å²) in [5.74, 6) is 0.357. The topological polar surface area (TPSA) is 88.4 Å². The van der Waals surface area contributed by atoms with Crippen LogP contribution in [0.4, 0.5) is 11.4 Å². The fourth-order valence-corrected chi connectivity index (χ4v) is 3.57. The van der Waals surface area contributed by atoms with Crippen LogP contribution in [0.3, 0.4) is 0 Å². The summed E-state index contributed by atoms with van der Waals surface area (Å²) in [6, 6.07) is 24.0. The fraction of sp³-hybridized carbons (Fsp3) is 0.0714. The van der Waals surface area contributed by atoms with Gasteiger partial charge in [0.1, 0.15) is 5.82 Å². The van der Waals surface area contributed by atoms with E-state index >= 15 is 0 Å². The second kappa shape index (κ2) is 10.4. The second-order valence-electron chi connectivity index (χ2n) is 7.92. The van der Waals surface area contributed by atoms with Crippen LogP contribution >= 0.6 is 0 Å². The third-order valence-corrected chi connectivity index (χ3v) is 5.34. The van der Waals surface area contributed by atoms with Gasteiger partial charge in [0.15, 0.2) is 0 Å². The van der Waals surface area contributed by atoms with E-state index in [0.29, 0.717) is 16.9 Å². The molecule has 0 aliphatic heterocycles. The molecule has 0 aliphatic rings. The summed E-state index contributed by atoms with van der Waals surface area (Å²) >= 11 is 0. The van der Waals surface area contributed by atoms with Gasteiger partial charge in [-0.1, -0.05) is 42.5 Å². The van der Waals surface area contributed by atoms with Gasteiger partial charge in [0, 0.05) is 53.1 Å². The molecule has 0 saturated heterocycles. The van der Waals surface area contributed by atoms with E-state index in [2.05, 4.69) is 27.3 Å². The molecule has 0 spiro atoms. The van der Waals surface area contributed by atoms with Crippen molar-refractivity contribution >= 4 is 41.8 Å². The van der Waals surface area contributed by atoms with Crippen molar-refractivity contribution in [1.29, 1.82) is 0 Å². The van der Waals surface area contributed by atoms with E-state index in [1.165, 1.54) is 6.92 Å². The average molecular weight is 464 g/mol. The van der Waals surface area contributed by atoms with E-state index in [4.69, 9.17) is 0 Å². The summed E-state index contributed by atoms with van der Waals surface area (Å²) in [5, 5.41) is 5.56. The number of aromatic nitrogens is 2. The Morgan fingerprint density at radius 3 is 2.11 bits per heavy atom. The number of benzene rings is 3. The zero-order valence-corrected chi connectivity index (χ0v) is 19.5. The Hall–Kier alpha value is -4.78. The predicted molar refractivity (Wildman–Crippen MR) is 141 cm³/mol. The number of amides is 2. The van der Waals surface area contributed by atoms with Crippen molar-refractivity contribution in [3.8, 4) is 11.4 Å². The molecule has 7 nitrogen and oxygen atoms in total. The molecule has 2 amide bonds. The van der Waals surface area contributed by atoms with Crippen LogP contribution in [0.5, 0.6) is 0 Å². The SMILES string of the molecule is C=N/C(=C\n1c(C)cnc1-c1ccc(C(=O)Nc2ccc(NC(C)=O)cc2)cc1)c1ccccc1. The summed E-state index contributed by atoms with van der Waals surface area (Å²) < 4.78 is 1.96. The molecule has 0 fully saturated rings. The van der Waals surface area contributed by atoms with E-state index in [0.717, 1.165) is 28.3 Å². The second-order valence-corrected chi connectivity index (χ2v) is 7.92. The van der Waals surface area contributed by atoms with E-state index in [-0.39, 0.29) is 11.8 Å². The van der Waals surface area contributed by atoms with Gasteiger partial charge >= 0.3 is 0 Å². The van der Waals surface area contributed by atoms with E-state index in [1.807, 2.05) is 60.2 Å². The van der Waals surface area contributed by atoms with Crippen LogP contribution in [0.15, 0.2) is 90.1 Å². The maximum absolute atomic E-state index is 12.7. The highest BCUT2D eigenvalue weighted by Crippen LogP contribution is 2.24. The van der Waals surface area contributed by atoms with Crippen LogP contribution < -0.4 is 10.6 Å². The molecule has 4 rings (SSSR count). The molecule has 0 atom stereocenters. The number of hydrogen-bond acceptors (Lipinski definition) is 4. The molecule has 35 heavy (non-hydrogen) atoms. The first-order valence-corrected chi connectivity index (χ1v) is 11.0. The first-order chi connectivity index (χ1) is 16.9. The van der Waals surface area contributed by atoms with Crippen molar-refractivity contribution in [2.45, 2.75) is 13.8 Å². The zero-order chi connectivity index (χ0) is 24.8. The number of nitrogens with one attached hydrogen (secondary N) is 2. The number of imidazole rings is 1. The minimum atomic E-state index is -0.231.